The van der Waals surface area contributed by atoms with Crippen molar-refractivity contribution in [3.05, 3.63) is 23.9 Å². The van der Waals surface area contributed by atoms with Gasteiger partial charge in [0.15, 0.2) is 5.96 Å². The fraction of sp³-hybridized carbons (Fsp3) is 0.650. The number of anilines is 1. The van der Waals surface area contributed by atoms with Crippen LogP contribution in [0.25, 0.3) is 0 Å². The minimum atomic E-state index is -0.0714. The first-order valence-corrected chi connectivity index (χ1v) is 10.00. The highest BCUT2D eigenvalue weighted by Crippen LogP contribution is 2.12. The Labute approximate surface area is 163 Å². The number of carbonyl (C=O) groups is 1. The molecular weight excluding hydrogens is 340 g/mol. The Morgan fingerprint density at radius 2 is 2.07 bits per heavy atom. The average Bonchev–Trinajstić information content (AvgIpc) is 2.62. The van der Waals surface area contributed by atoms with Crippen LogP contribution in [0.1, 0.15) is 45.7 Å². The quantitative estimate of drug-likeness (QED) is 0.503. The maximum Gasteiger partial charge on any atom is 0.227 e. The van der Waals surface area contributed by atoms with Gasteiger partial charge in [-0.3, -0.25) is 9.79 Å². The van der Waals surface area contributed by atoms with Gasteiger partial charge in [0.2, 0.25) is 5.91 Å². The minimum Gasteiger partial charge on any atom is -0.357 e. The monoisotopic (exact) mass is 374 g/mol. The smallest absolute Gasteiger partial charge is 0.227 e. The van der Waals surface area contributed by atoms with Gasteiger partial charge in [0.05, 0.1) is 6.54 Å². The van der Waals surface area contributed by atoms with Crippen LogP contribution in [0.3, 0.4) is 0 Å². The molecule has 0 atom stereocenters. The van der Waals surface area contributed by atoms with Crippen LogP contribution < -0.4 is 16.0 Å². The van der Waals surface area contributed by atoms with Crippen LogP contribution in [0.4, 0.5) is 5.82 Å². The maximum atomic E-state index is 12.1. The molecule has 7 heteroatoms. The van der Waals surface area contributed by atoms with Gasteiger partial charge >= 0.3 is 0 Å². The molecule has 0 aliphatic carbocycles. The number of guanidine groups is 1. The summed E-state index contributed by atoms with van der Waals surface area (Å²) in [6.45, 7) is 11.9. The molecule has 3 N–H and O–H groups in total. The summed E-state index contributed by atoms with van der Waals surface area (Å²) in [5.41, 5.74) is 0.882. The first-order valence-electron chi connectivity index (χ1n) is 10.00. The molecule has 2 rings (SSSR count). The van der Waals surface area contributed by atoms with Crippen molar-refractivity contribution in [1.29, 1.82) is 0 Å². The molecule has 1 saturated heterocycles. The van der Waals surface area contributed by atoms with E-state index >= 15 is 0 Å². The van der Waals surface area contributed by atoms with Crippen molar-refractivity contribution in [1.82, 2.24) is 20.5 Å². The molecule has 27 heavy (non-hydrogen) atoms. The molecule has 1 fully saturated rings. The Hall–Kier alpha value is -2.15. The summed E-state index contributed by atoms with van der Waals surface area (Å²) in [5.74, 6) is 1.31. The van der Waals surface area contributed by atoms with E-state index in [2.05, 4.69) is 51.6 Å². The predicted octanol–water partition coefficient (Wildman–Crippen LogP) is 2.15. The highest BCUT2D eigenvalue weighted by molar-refractivity contribution is 5.90. The lowest BCUT2D eigenvalue weighted by Crippen LogP contribution is -2.49. The molecule has 0 bridgehead atoms. The van der Waals surface area contributed by atoms with Crippen LogP contribution in [0.2, 0.25) is 0 Å². The molecule has 0 spiro atoms. The Balaban J connectivity index is 1.78. The molecule has 7 nitrogen and oxygen atoms in total. The van der Waals surface area contributed by atoms with Crippen LogP contribution >= 0.6 is 0 Å². The van der Waals surface area contributed by atoms with Gasteiger partial charge in [0, 0.05) is 43.8 Å². The molecule has 0 saturated carbocycles. The number of nitrogens with zero attached hydrogens (tertiary/aromatic N) is 3. The van der Waals surface area contributed by atoms with Gasteiger partial charge in [0.1, 0.15) is 5.82 Å². The van der Waals surface area contributed by atoms with Gasteiger partial charge < -0.3 is 20.9 Å². The van der Waals surface area contributed by atoms with Gasteiger partial charge in [-0.05, 0) is 52.7 Å². The second kappa shape index (κ2) is 10.9. The third kappa shape index (κ3) is 7.54. The number of pyridine rings is 1. The number of rotatable bonds is 7. The molecule has 1 aromatic heterocycles. The lowest BCUT2D eigenvalue weighted by molar-refractivity contribution is -0.116. The third-order valence-corrected chi connectivity index (χ3v) is 4.71. The molecule has 0 unspecified atom stereocenters. The number of piperidine rings is 1. The first-order chi connectivity index (χ1) is 13.0. The van der Waals surface area contributed by atoms with Gasteiger partial charge in [-0.1, -0.05) is 6.07 Å². The number of aromatic nitrogens is 1. The molecule has 0 aromatic carbocycles. The molecule has 1 amide bonds. The van der Waals surface area contributed by atoms with Crippen molar-refractivity contribution >= 4 is 17.7 Å². The molecule has 2 heterocycles. The number of aliphatic imine (C=N–C) groups is 1. The molecule has 1 aliphatic rings. The van der Waals surface area contributed by atoms with Crippen LogP contribution in [-0.4, -0.2) is 60.0 Å². The predicted molar refractivity (Wildman–Crippen MR) is 111 cm³/mol. The molecule has 150 valence electrons. The van der Waals surface area contributed by atoms with E-state index in [0.29, 0.717) is 30.9 Å². The van der Waals surface area contributed by atoms with E-state index in [1.54, 1.807) is 6.07 Å². The van der Waals surface area contributed by atoms with Crippen molar-refractivity contribution in [3.8, 4) is 0 Å². The van der Waals surface area contributed by atoms with E-state index in [1.807, 2.05) is 19.1 Å². The molecule has 0 radical (unpaired) electrons. The van der Waals surface area contributed by atoms with Crippen LogP contribution in [0.5, 0.6) is 0 Å². The Bertz CT molecular complexity index is 623. The topological polar surface area (TPSA) is 81.6 Å². The number of nitrogens with one attached hydrogen (secondary N) is 3. The summed E-state index contributed by atoms with van der Waals surface area (Å²) >= 11 is 0. The van der Waals surface area contributed by atoms with E-state index in [1.165, 1.54) is 0 Å². The maximum absolute atomic E-state index is 12.1. The number of carbonyl (C=O) groups excluding carboxylic acids is 1. The molecular formula is C20H34N6O. The third-order valence-electron chi connectivity index (χ3n) is 4.71. The zero-order chi connectivity index (χ0) is 19.6. The summed E-state index contributed by atoms with van der Waals surface area (Å²) < 4.78 is 0. The van der Waals surface area contributed by atoms with Gasteiger partial charge in [0.25, 0.3) is 0 Å². The van der Waals surface area contributed by atoms with Gasteiger partial charge in [-0.15, -0.1) is 0 Å². The largest absolute Gasteiger partial charge is 0.357 e. The second-order valence-electron chi connectivity index (χ2n) is 7.27. The SMILES string of the molecule is CCNC(=NCCC(=O)Nc1cccc(C)n1)NC1CCN(C(C)C)CC1. The van der Waals surface area contributed by atoms with E-state index in [4.69, 9.17) is 0 Å². The standard InChI is InChI=1S/C20H34N6O/c1-5-21-20(24-17-10-13-26(14-11-17)15(2)3)22-12-9-19(27)25-18-8-6-7-16(4)23-18/h6-8,15,17H,5,9-14H2,1-4H3,(H2,21,22,24)(H,23,25,27). The average molecular weight is 375 g/mol. The van der Waals surface area contributed by atoms with Crippen LogP contribution in [0.15, 0.2) is 23.2 Å². The second-order valence-corrected chi connectivity index (χ2v) is 7.27. The summed E-state index contributed by atoms with van der Waals surface area (Å²) in [4.78, 5) is 23.4. The lowest BCUT2D eigenvalue weighted by Gasteiger charge is -2.35. The zero-order valence-electron chi connectivity index (χ0n) is 17.1. The first kappa shape index (κ1) is 21.2. The fourth-order valence-electron chi connectivity index (χ4n) is 3.16. The van der Waals surface area contributed by atoms with E-state index in [-0.39, 0.29) is 5.91 Å². The van der Waals surface area contributed by atoms with E-state index in [0.717, 1.165) is 44.1 Å². The number of hydrogen-bond acceptors (Lipinski definition) is 4. The summed E-state index contributed by atoms with van der Waals surface area (Å²) in [5, 5.41) is 9.61. The van der Waals surface area contributed by atoms with E-state index < -0.39 is 0 Å². The number of amides is 1. The van der Waals surface area contributed by atoms with E-state index in [9.17, 15) is 4.79 Å². The number of likely N-dealkylation sites (tertiary alicyclic amines) is 1. The zero-order valence-corrected chi connectivity index (χ0v) is 17.1. The Morgan fingerprint density at radius 3 is 2.70 bits per heavy atom. The molecule has 1 aromatic rings. The normalized spacial score (nSPS) is 16.4. The highest BCUT2D eigenvalue weighted by Gasteiger charge is 2.21. The van der Waals surface area contributed by atoms with Crippen molar-refractivity contribution in [2.24, 2.45) is 4.99 Å². The van der Waals surface area contributed by atoms with Crippen molar-refractivity contribution in [2.45, 2.75) is 59.0 Å². The molecule has 1 aliphatic heterocycles. The minimum absolute atomic E-state index is 0.0714. The van der Waals surface area contributed by atoms with Gasteiger partial charge in [-0.25, -0.2) is 4.98 Å². The number of aryl methyl sites for hydroxylation is 1. The Kier molecular flexibility index (Phi) is 8.51. The summed E-state index contributed by atoms with van der Waals surface area (Å²) in [6, 6.07) is 6.62. The lowest BCUT2D eigenvalue weighted by atomic mass is 10.0. The van der Waals surface area contributed by atoms with Crippen molar-refractivity contribution < 1.29 is 4.79 Å². The number of hydrogen-bond donors (Lipinski definition) is 3. The van der Waals surface area contributed by atoms with Crippen LogP contribution in [0, 0.1) is 6.92 Å². The van der Waals surface area contributed by atoms with Crippen molar-refractivity contribution in [2.75, 3.05) is 31.5 Å². The van der Waals surface area contributed by atoms with Crippen LogP contribution in [-0.2, 0) is 4.79 Å². The highest BCUT2D eigenvalue weighted by atomic mass is 16.1. The summed E-state index contributed by atoms with van der Waals surface area (Å²) in [6.07, 6.45) is 2.56. The Morgan fingerprint density at radius 1 is 1.33 bits per heavy atom. The summed E-state index contributed by atoms with van der Waals surface area (Å²) in [7, 11) is 0. The van der Waals surface area contributed by atoms with Crippen molar-refractivity contribution in [3.63, 3.8) is 0 Å². The van der Waals surface area contributed by atoms with Gasteiger partial charge in [-0.2, -0.15) is 0 Å². The fourth-order valence-corrected chi connectivity index (χ4v) is 3.16.